The molecule has 2 heteroatoms. The molecule has 0 spiro atoms. The molecule has 0 radical (unpaired) electrons. The lowest BCUT2D eigenvalue weighted by molar-refractivity contribution is 0.0229. The van der Waals surface area contributed by atoms with Gasteiger partial charge in [-0.15, -0.1) is 0 Å². The molecular weight excluding hydrogens is 220 g/mol. The van der Waals surface area contributed by atoms with E-state index in [1.165, 1.54) is 51.6 Å². The Morgan fingerprint density at radius 1 is 1.06 bits per heavy atom. The van der Waals surface area contributed by atoms with Crippen molar-refractivity contribution in [1.29, 1.82) is 0 Å². The molecule has 106 valence electrons. The van der Waals surface area contributed by atoms with Crippen molar-refractivity contribution < 1.29 is 0 Å². The predicted octanol–water partition coefficient (Wildman–Crippen LogP) is 3.26. The number of nitrogens with two attached hydrogens (primary N) is 1. The molecule has 18 heavy (non-hydrogen) atoms. The molecule has 4 atom stereocenters. The van der Waals surface area contributed by atoms with Gasteiger partial charge in [-0.3, -0.25) is 4.90 Å². The summed E-state index contributed by atoms with van der Waals surface area (Å²) >= 11 is 0. The smallest absolute Gasteiger partial charge is 0.0334 e. The van der Waals surface area contributed by atoms with Crippen LogP contribution in [0.5, 0.6) is 0 Å². The Hall–Kier alpha value is -0.0800. The first-order valence-electron chi connectivity index (χ1n) is 8.02. The molecular formula is C16H32N2. The van der Waals surface area contributed by atoms with Crippen LogP contribution >= 0.6 is 0 Å². The summed E-state index contributed by atoms with van der Waals surface area (Å²) in [7, 11) is 0. The third-order valence-electron chi connectivity index (χ3n) is 5.81. The summed E-state index contributed by atoms with van der Waals surface area (Å²) in [6, 6.07) is 0. The van der Waals surface area contributed by atoms with Crippen LogP contribution in [0.15, 0.2) is 0 Å². The first kappa shape index (κ1) is 14.3. The van der Waals surface area contributed by atoms with E-state index in [9.17, 15) is 0 Å². The lowest BCUT2D eigenvalue weighted by atomic mass is 9.70. The van der Waals surface area contributed by atoms with Gasteiger partial charge in [-0.1, -0.05) is 20.8 Å². The SMILES string of the molecule is CC1CCCN(C2(CN)CCC(C)C(C)C2)CC1. The van der Waals surface area contributed by atoms with E-state index in [-0.39, 0.29) is 0 Å². The molecule has 1 saturated heterocycles. The van der Waals surface area contributed by atoms with Crippen LogP contribution in [-0.4, -0.2) is 30.1 Å². The van der Waals surface area contributed by atoms with E-state index in [0.717, 1.165) is 24.3 Å². The lowest BCUT2D eigenvalue weighted by Crippen LogP contribution is -2.57. The molecule has 4 unspecified atom stereocenters. The summed E-state index contributed by atoms with van der Waals surface area (Å²) < 4.78 is 0. The van der Waals surface area contributed by atoms with Gasteiger partial charge in [-0.2, -0.15) is 0 Å². The van der Waals surface area contributed by atoms with Crippen molar-refractivity contribution in [3.63, 3.8) is 0 Å². The van der Waals surface area contributed by atoms with E-state index < -0.39 is 0 Å². The molecule has 1 saturated carbocycles. The van der Waals surface area contributed by atoms with Crippen molar-refractivity contribution in [2.24, 2.45) is 23.5 Å². The Kier molecular flexibility index (Phi) is 4.71. The largest absolute Gasteiger partial charge is 0.329 e. The Bertz CT molecular complexity index is 266. The summed E-state index contributed by atoms with van der Waals surface area (Å²) in [5, 5.41) is 0. The van der Waals surface area contributed by atoms with Crippen LogP contribution in [0.25, 0.3) is 0 Å². The van der Waals surface area contributed by atoms with Gasteiger partial charge in [0.25, 0.3) is 0 Å². The Morgan fingerprint density at radius 3 is 2.50 bits per heavy atom. The lowest BCUT2D eigenvalue weighted by Gasteiger charge is -2.49. The molecule has 0 aromatic rings. The maximum absolute atomic E-state index is 6.22. The standard InChI is InChI=1S/C16H32N2/c1-13-5-4-9-18(10-7-13)16(12-17)8-6-14(2)15(3)11-16/h13-15H,4-12,17H2,1-3H3. The van der Waals surface area contributed by atoms with Gasteiger partial charge in [0.05, 0.1) is 0 Å². The van der Waals surface area contributed by atoms with Crippen LogP contribution in [0, 0.1) is 17.8 Å². The third kappa shape index (κ3) is 2.91. The van der Waals surface area contributed by atoms with Gasteiger partial charge in [0.15, 0.2) is 0 Å². The maximum atomic E-state index is 6.22. The second-order valence-electron chi connectivity index (χ2n) is 7.15. The Morgan fingerprint density at radius 2 is 1.83 bits per heavy atom. The van der Waals surface area contributed by atoms with Gasteiger partial charge >= 0.3 is 0 Å². The van der Waals surface area contributed by atoms with Crippen molar-refractivity contribution >= 4 is 0 Å². The monoisotopic (exact) mass is 252 g/mol. The molecule has 1 aliphatic heterocycles. The molecule has 2 fully saturated rings. The average molecular weight is 252 g/mol. The minimum absolute atomic E-state index is 0.329. The van der Waals surface area contributed by atoms with Gasteiger partial charge in [0, 0.05) is 12.1 Å². The Balaban J connectivity index is 2.06. The molecule has 2 rings (SSSR count). The molecule has 1 heterocycles. The van der Waals surface area contributed by atoms with Gasteiger partial charge in [0.2, 0.25) is 0 Å². The summed E-state index contributed by atoms with van der Waals surface area (Å²) in [4.78, 5) is 2.76. The fourth-order valence-corrected chi connectivity index (χ4v) is 4.02. The van der Waals surface area contributed by atoms with E-state index in [2.05, 4.69) is 25.7 Å². The van der Waals surface area contributed by atoms with Crippen LogP contribution in [0.2, 0.25) is 0 Å². The van der Waals surface area contributed by atoms with Gasteiger partial charge in [-0.25, -0.2) is 0 Å². The van der Waals surface area contributed by atoms with Gasteiger partial charge in [-0.05, 0) is 69.4 Å². The fourth-order valence-electron chi connectivity index (χ4n) is 4.02. The number of hydrogen-bond acceptors (Lipinski definition) is 2. The zero-order chi connectivity index (χ0) is 13.2. The van der Waals surface area contributed by atoms with Crippen LogP contribution in [-0.2, 0) is 0 Å². The number of rotatable bonds is 2. The molecule has 0 aromatic carbocycles. The number of likely N-dealkylation sites (tertiary alicyclic amines) is 1. The molecule has 0 amide bonds. The highest BCUT2D eigenvalue weighted by molar-refractivity contribution is 4.98. The summed E-state index contributed by atoms with van der Waals surface area (Å²) in [5.74, 6) is 2.63. The molecule has 0 bridgehead atoms. The third-order valence-corrected chi connectivity index (χ3v) is 5.81. The fraction of sp³-hybridized carbons (Fsp3) is 1.00. The van der Waals surface area contributed by atoms with Crippen LogP contribution in [0.1, 0.15) is 59.3 Å². The number of nitrogens with zero attached hydrogens (tertiary/aromatic N) is 1. The average Bonchev–Trinajstić information content (AvgIpc) is 2.58. The van der Waals surface area contributed by atoms with Gasteiger partial charge in [0.1, 0.15) is 0 Å². The summed E-state index contributed by atoms with van der Waals surface area (Å²) in [5.41, 5.74) is 6.55. The Labute approximate surface area is 113 Å². The topological polar surface area (TPSA) is 29.3 Å². The van der Waals surface area contributed by atoms with Crippen LogP contribution < -0.4 is 5.73 Å². The van der Waals surface area contributed by atoms with Crippen molar-refractivity contribution in [1.82, 2.24) is 4.90 Å². The van der Waals surface area contributed by atoms with Crippen molar-refractivity contribution in [3.8, 4) is 0 Å². The second kappa shape index (κ2) is 5.92. The van der Waals surface area contributed by atoms with E-state index >= 15 is 0 Å². The van der Waals surface area contributed by atoms with Gasteiger partial charge < -0.3 is 5.73 Å². The molecule has 1 aliphatic carbocycles. The van der Waals surface area contributed by atoms with Crippen LogP contribution in [0.4, 0.5) is 0 Å². The minimum atomic E-state index is 0.329. The van der Waals surface area contributed by atoms with E-state index in [4.69, 9.17) is 5.73 Å². The first-order valence-corrected chi connectivity index (χ1v) is 8.02. The first-order chi connectivity index (χ1) is 8.57. The molecule has 0 aromatic heterocycles. The predicted molar refractivity (Wildman–Crippen MR) is 78.6 cm³/mol. The van der Waals surface area contributed by atoms with Crippen molar-refractivity contribution in [2.75, 3.05) is 19.6 Å². The number of hydrogen-bond donors (Lipinski definition) is 1. The zero-order valence-electron chi connectivity index (χ0n) is 12.6. The highest BCUT2D eigenvalue weighted by Gasteiger charge is 2.41. The van der Waals surface area contributed by atoms with E-state index in [1.807, 2.05) is 0 Å². The minimum Gasteiger partial charge on any atom is -0.329 e. The second-order valence-corrected chi connectivity index (χ2v) is 7.15. The van der Waals surface area contributed by atoms with Crippen molar-refractivity contribution in [3.05, 3.63) is 0 Å². The summed E-state index contributed by atoms with van der Waals surface area (Å²) in [6.07, 6.45) is 8.15. The van der Waals surface area contributed by atoms with Crippen molar-refractivity contribution in [2.45, 2.75) is 64.8 Å². The van der Waals surface area contributed by atoms with E-state index in [1.54, 1.807) is 0 Å². The summed E-state index contributed by atoms with van der Waals surface area (Å²) in [6.45, 7) is 10.7. The highest BCUT2D eigenvalue weighted by Crippen LogP contribution is 2.40. The molecule has 2 N–H and O–H groups in total. The molecule has 2 nitrogen and oxygen atoms in total. The van der Waals surface area contributed by atoms with E-state index in [0.29, 0.717) is 5.54 Å². The molecule has 2 aliphatic rings. The normalized spacial score (nSPS) is 43.7. The zero-order valence-corrected chi connectivity index (χ0v) is 12.6. The van der Waals surface area contributed by atoms with Crippen LogP contribution in [0.3, 0.4) is 0 Å². The quantitative estimate of drug-likeness (QED) is 0.817. The maximum Gasteiger partial charge on any atom is 0.0334 e. The highest BCUT2D eigenvalue weighted by atomic mass is 15.2.